The van der Waals surface area contributed by atoms with Crippen molar-refractivity contribution in [1.82, 2.24) is 10.3 Å². The molecule has 3 heteroatoms. The van der Waals surface area contributed by atoms with Crippen molar-refractivity contribution in [1.29, 1.82) is 0 Å². The molecule has 3 nitrogen and oxygen atoms in total. The van der Waals surface area contributed by atoms with E-state index in [1.165, 1.54) is 16.3 Å². The van der Waals surface area contributed by atoms with Gasteiger partial charge >= 0.3 is 0 Å². The van der Waals surface area contributed by atoms with E-state index in [1.807, 2.05) is 12.4 Å². The smallest absolute Gasteiger partial charge is 0.0842 e. The van der Waals surface area contributed by atoms with Crippen LogP contribution in [-0.4, -0.2) is 24.2 Å². The number of rotatable bonds is 7. The summed E-state index contributed by atoms with van der Waals surface area (Å²) in [7, 11) is 1.80. The lowest BCUT2D eigenvalue weighted by molar-refractivity contribution is -0.0295. The van der Waals surface area contributed by atoms with Gasteiger partial charge in [0.05, 0.1) is 11.6 Å². The van der Waals surface area contributed by atoms with Crippen LogP contribution in [0.1, 0.15) is 45.2 Å². The van der Waals surface area contributed by atoms with Gasteiger partial charge < -0.3 is 10.1 Å². The predicted molar refractivity (Wildman–Crippen MR) is 88.5 cm³/mol. The van der Waals surface area contributed by atoms with Gasteiger partial charge in [0.2, 0.25) is 0 Å². The Labute approximate surface area is 127 Å². The summed E-state index contributed by atoms with van der Waals surface area (Å²) in [5.41, 5.74) is 1.03. The summed E-state index contributed by atoms with van der Waals surface area (Å²) in [6.07, 6.45) is 5.84. The third-order valence-corrected chi connectivity index (χ3v) is 4.41. The number of benzene rings is 1. The molecule has 0 aliphatic rings. The van der Waals surface area contributed by atoms with Crippen LogP contribution in [0.15, 0.2) is 36.7 Å². The highest BCUT2D eigenvalue weighted by Crippen LogP contribution is 2.35. The Morgan fingerprint density at radius 2 is 2.10 bits per heavy atom. The third-order valence-electron chi connectivity index (χ3n) is 4.41. The third kappa shape index (κ3) is 3.25. The van der Waals surface area contributed by atoms with Gasteiger partial charge in [-0.15, -0.1) is 0 Å². The fraction of sp³-hybridized carbons (Fsp3) is 0.500. The average Bonchev–Trinajstić information content (AvgIpc) is 2.55. The van der Waals surface area contributed by atoms with E-state index in [1.54, 1.807) is 7.11 Å². The minimum atomic E-state index is -0.237. The molecule has 0 amide bonds. The van der Waals surface area contributed by atoms with Crippen molar-refractivity contribution in [3.05, 3.63) is 42.2 Å². The molecule has 114 valence electrons. The van der Waals surface area contributed by atoms with Gasteiger partial charge in [0, 0.05) is 24.9 Å². The SMILES string of the molecule is CCCNC(c1cccc2ccncc12)C(C)(CC)OC. The molecule has 0 radical (unpaired) electrons. The average molecular weight is 286 g/mol. The molecule has 0 spiro atoms. The van der Waals surface area contributed by atoms with Gasteiger partial charge in [0.25, 0.3) is 0 Å². The quantitative estimate of drug-likeness (QED) is 0.832. The maximum Gasteiger partial charge on any atom is 0.0842 e. The van der Waals surface area contributed by atoms with Crippen LogP contribution in [0.25, 0.3) is 10.8 Å². The molecule has 0 fully saturated rings. The van der Waals surface area contributed by atoms with Crippen LogP contribution in [0, 0.1) is 0 Å². The molecule has 0 bridgehead atoms. The Morgan fingerprint density at radius 3 is 2.76 bits per heavy atom. The normalized spacial score (nSPS) is 15.8. The summed E-state index contributed by atoms with van der Waals surface area (Å²) in [4.78, 5) is 4.30. The lowest BCUT2D eigenvalue weighted by Gasteiger charge is -2.37. The molecule has 2 unspecified atom stereocenters. The predicted octanol–water partition coefficient (Wildman–Crippen LogP) is 4.09. The Hall–Kier alpha value is -1.45. The molecule has 1 aromatic heterocycles. The zero-order valence-corrected chi connectivity index (χ0v) is 13.5. The van der Waals surface area contributed by atoms with Crippen molar-refractivity contribution < 1.29 is 4.74 Å². The number of ether oxygens (including phenoxy) is 1. The van der Waals surface area contributed by atoms with E-state index in [2.05, 4.69) is 55.3 Å². The van der Waals surface area contributed by atoms with Gasteiger partial charge in [-0.1, -0.05) is 32.0 Å². The maximum absolute atomic E-state index is 5.87. The van der Waals surface area contributed by atoms with Crippen molar-refractivity contribution in [2.45, 2.75) is 45.3 Å². The van der Waals surface area contributed by atoms with Crippen molar-refractivity contribution in [3.63, 3.8) is 0 Å². The van der Waals surface area contributed by atoms with Crippen molar-refractivity contribution in [2.24, 2.45) is 0 Å². The van der Waals surface area contributed by atoms with Crippen LogP contribution in [0.4, 0.5) is 0 Å². The Balaban J connectivity index is 2.53. The first-order chi connectivity index (χ1) is 10.2. The number of aromatic nitrogens is 1. The van der Waals surface area contributed by atoms with E-state index in [0.717, 1.165) is 19.4 Å². The van der Waals surface area contributed by atoms with Gasteiger partial charge in [0.15, 0.2) is 0 Å². The standard InChI is InChI=1S/C18H26N2O/c1-5-11-20-17(18(3,6-2)21-4)15-9-7-8-14-10-12-19-13-16(14)15/h7-10,12-13,17,20H,5-6,11H2,1-4H3. The van der Waals surface area contributed by atoms with Crippen LogP contribution >= 0.6 is 0 Å². The summed E-state index contributed by atoms with van der Waals surface area (Å²) in [5.74, 6) is 0. The Kier molecular flexibility index (Phi) is 5.32. The number of hydrogen-bond donors (Lipinski definition) is 1. The second-order valence-corrected chi connectivity index (χ2v) is 5.70. The van der Waals surface area contributed by atoms with Gasteiger partial charge in [-0.3, -0.25) is 4.98 Å². The van der Waals surface area contributed by atoms with Crippen LogP contribution in [0.2, 0.25) is 0 Å². The molecule has 2 atom stereocenters. The van der Waals surface area contributed by atoms with Crippen molar-refractivity contribution >= 4 is 10.8 Å². The summed E-state index contributed by atoms with van der Waals surface area (Å²) < 4.78 is 5.87. The molecule has 2 rings (SSSR count). The zero-order chi connectivity index (χ0) is 15.3. The molecule has 1 heterocycles. The van der Waals surface area contributed by atoms with Crippen molar-refractivity contribution in [3.8, 4) is 0 Å². The molecule has 1 N–H and O–H groups in total. The lowest BCUT2D eigenvalue weighted by atomic mass is 9.85. The second-order valence-electron chi connectivity index (χ2n) is 5.70. The highest BCUT2D eigenvalue weighted by atomic mass is 16.5. The molecule has 0 saturated carbocycles. The first kappa shape index (κ1) is 15.9. The number of methoxy groups -OCH3 is 1. The second kappa shape index (κ2) is 7.01. The Morgan fingerprint density at radius 1 is 1.29 bits per heavy atom. The highest BCUT2D eigenvalue weighted by Gasteiger charge is 2.34. The molecule has 2 aromatic rings. The van der Waals surface area contributed by atoms with Gasteiger partial charge in [0.1, 0.15) is 0 Å². The number of nitrogens with zero attached hydrogens (tertiary/aromatic N) is 1. The number of hydrogen-bond acceptors (Lipinski definition) is 3. The van der Waals surface area contributed by atoms with E-state index in [9.17, 15) is 0 Å². The summed E-state index contributed by atoms with van der Waals surface area (Å²) in [5, 5.41) is 6.09. The summed E-state index contributed by atoms with van der Waals surface area (Å²) in [6, 6.07) is 8.65. The first-order valence-corrected chi connectivity index (χ1v) is 7.77. The van der Waals surface area contributed by atoms with E-state index in [-0.39, 0.29) is 11.6 Å². The van der Waals surface area contributed by atoms with Crippen LogP contribution in [0.3, 0.4) is 0 Å². The summed E-state index contributed by atoms with van der Waals surface area (Å²) >= 11 is 0. The number of pyridine rings is 1. The number of nitrogens with one attached hydrogen (secondary N) is 1. The largest absolute Gasteiger partial charge is 0.377 e. The van der Waals surface area contributed by atoms with Gasteiger partial charge in [-0.05, 0) is 43.3 Å². The topological polar surface area (TPSA) is 34.2 Å². The molecular formula is C18H26N2O. The van der Waals surface area contributed by atoms with Crippen LogP contribution in [-0.2, 0) is 4.74 Å². The van der Waals surface area contributed by atoms with E-state index in [0.29, 0.717) is 0 Å². The van der Waals surface area contributed by atoms with E-state index < -0.39 is 0 Å². The molecule has 21 heavy (non-hydrogen) atoms. The molecule has 0 aliphatic heterocycles. The summed E-state index contributed by atoms with van der Waals surface area (Å²) in [6.45, 7) is 7.51. The monoisotopic (exact) mass is 286 g/mol. The molecule has 0 saturated heterocycles. The van der Waals surface area contributed by atoms with E-state index in [4.69, 9.17) is 4.74 Å². The Bertz CT molecular complexity index is 573. The van der Waals surface area contributed by atoms with Crippen LogP contribution < -0.4 is 5.32 Å². The number of fused-ring (bicyclic) bond motifs is 1. The fourth-order valence-corrected chi connectivity index (χ4v) is 2.80. The van der Waals surface area contributed by atoms with Gasteiger partial charge in [-0.25, -0.2) is 0 Å². The van der Waals surface area contributed by atoms with Gasteiger partial charge in [-0.2, -0.15) is 0 Å². The van der Waals surface area contributed by atoms with Crippen molar-refractivity contribution in [2.75, 3.05) is 13.7 Å². The minimum Gasteiger partial charge on any atom is -0.377 e. The fourth-order valence-electron chi connectivity index (χ4n) is 2.80. The minimum absolute atomic E-state index is 0.153. The molecule has 0 aliphatic carbocycles. The maximum atomic E-state index is 5.87. The molecular weight excluding hydrogens is 260 g/mol. The van der Waals surface area contributed by atoms with Crippen LogP contribution in [0.5, 0.6) is 0 Å². The highest BCUT2D eigenvalue weighted by molar-refractivity contribution is 5.85. The molecule has 1 aromatic carbocycles. The van der Waals surface area contributed by atoms with E-state index >= 15 is 0 Å². The first-order valence-electron chi connectivity index (χ1n) is 7.77. The zero-order valence-electron chi connectivity index (χ0n) is 13.5. The lowest BCUT2D eigenvalue weighted by Crippen LogP contribution is -2.43.